The maximum atomic E-state index is 13.4. The van der Waals surface area contributed by atoms with E-state index in [1.165, 1.54) is 16.2 Å². The Morgan fingerprint density at radius 3 is 2.58 bits per heavy atom. The predicted molar refractivity (Wildman–Crippen MR) is 143 cm³/mol. The maximum Gasteiger partial charge on any atom is 0.301 e. The third-order valence-electron chi connectivity index (χ3n) is 6.11. The van der Waals surface area contributed by atoms with Crippen LogP contribution in [0.5, 0.6) is 5.75 Å². The average molecular weight is 519 g/mol. The number of halogens is 1. The number of aliphatic hydroxyl groups excluding tert-OH is 1. The van der Waals surface area contributed by atoms with Gasteiger partial charge in [-0.15, -0.1) is 0 Å². The average Bonchev–Trinajstić information content (AvgIpc) is 3.41. The first-order valence-corrected chi connectivity index (χ1v) is 12.8. The molecule has 0 radical (unpaired) electrons. The van der Waals surface area contributed by atoms with Gasteiger partial charge in [0, 0.05) is 10.6 Å². The van der Waals surface area contributed by atoms with Crippen molar-refractivity contribution in [1.29, 1.82) is 0 Å². The maximum absolute atomic E-state index is 13.4. The Labute approximate surface area is 217 Å². The molecule has 1 fully saturated rings. The molecule has 182 valence electrons. The molecule has 1 atom stereocenters. The van der Waals surface area contributed by atoms with Crippen molar-refractivity contribution in [2.24, 2.45) is 0 Å². The molecule has 8 heteroatoms. The summed E-state index contributed by atoms with van der Waals surface area (Å²) in [7, 11) is 0. The van der Waals surface area contributed by atoms with Gasteiger partial charge in [0.25, 0.3) is 5.78 Å². The minimum Gasteiger partial charge on any atom is -0.507 e. The van der Waals surface area contributed by atoms with Gasteiger partial charge in [0.2, 0.25) is 0 Å². The number of ether oxygens (including phenoxy) is 1. The molecule has 5 rings (SSSR count). The number of thiazole rings is 1. The highest BCUT2D eigenvalue weighted by Crippen LogP contribution is 2.44. The predicted octanol–water partition coefficient (Wildman–Crippen LogP) is 6.54. The molecule has 2 heterocycles. The number of benzene rings is 3. The molecule has 0 aliphatic carbocycles. The number of hydrogen-bond donors (Lipinski definition) is 1. The first-order valence-electron chi connectivity index (χ1n) is 11.6. The summed E-state index contributed by atoms with van der Waals surface area (Å²) in [5.74, 6) is -1.21. The van der Waals surface area contributed by atoms with Gasteiger partial charge in [-0.3, -0.25) is 14.5 Å². The number of hydrogen-bond acceptors (Lipinski definition) is 6. The van der Waals surface area contributed by atoms with Crippen molar-refractivity contribution in [3.63, 3.8) is 0 Å². The number of amides is 1. The van der Waals surface area contributed by atoms with Crippen molar-refractivity contribution in [3.8, 4) is 5.75 Å². The fourth-order valence-electron chi connectivity index (χ4n) is 4.33. The number of ketones is 1. The van der Waals surface area contributed by atoms with E-state index in [2.05, 4.69) is 11.9 Å². The van der Waals surface area contributed by atoms with Gasteiger partial charge in [-0.1, -0.05) is 66.3 Å². The second-order valence-corrected chi connectivity index (χ2v) is 9.78. The van der Waals surface area contributed by atoms with E-state index in [9.17, 15) is 14.7 Å². The monoisotopic (exact) mass is 518 g/mol. The smallest absolute Gasteiger partial charge is 0.301 e. The number of aryl methyl sites for hydroxylation is 1. The highest BCUT2D eigenvalue weighted by molar-refractivity contribution is 7.22. The fourth-order valence-corrected chi connectivity index (χ4v) is 5.59. The normalized spacial score (nSPS) is 17.2. The quantitative estimate of drug-likeness (QED) is 0.178. The number of aliphatic hydroxyl groups is 1. The zero-order valence-electron chi connectivity index (χ0n) is 19.7. The molecular weight excluding hydrogens is 496 g/mol. The van der Waals surface area contributed by atoms with Crippen LogP contribution in [0, 0.1) is 0 Å². The van der Waals surface area contributed by atoms with Crippen LogP contribution in [0.4, 0.5) is 5.13 Å². The molecule has 6 nitrogen and oxygen atoms in total. The van der Waals surface area contributed by atoms with Crippen LogP contribution in [0.15, 0.2) is 72.3 Å². The Morgan fingerprint density at radius 2 is 1.86 bits per heavy atom. The Hall–Kier alpha value is -3.68. The lowest BCUT2D eigenvalue weighted by atomic mass is 9.94. The van der Waals surface area contributed by atoms with Gasteiger partial charge in [-0.2, -0.15) is 0 Å². The molecule has 1 aromatic heterocycles. The van der Waals surface area contributed by atoms with Crippen molar-refractivity contribution in [3.05, 3.63) is 94.0 Å². The summed E-state index contributed by atoms with van der Waals surface area (Å²) < 4.78 is 6.36. The Morgan fingerprint density at radius 1 is 1.08 bits per heavy atom. The molecule has 1 N–H and O–H groups in total. The molecule has 1 aliphatic heterocycles. The van der Waals surface area contributed by atoms with Crippen LogP contribution in [-0.4, -0.2) is 28.4 Å². The van der Waals surface area contributed by atoms with Crippen LogP contribution >= 0.6 is 22.9 Å². The summed E-state index contributed by atoms with van der Waals surface area (Å²) in [4.78, 5) is 32.8. The van der Waals surface area contributed by atoms with E-state index in [-0.39, 0.29) is 11.3 Å². The molecule has 4 aromatic rings. The van der Waals surface area contributed by atoms with Crippen molar-refractivity contribution in [2.75, 3.05) is 11.5 Å². The molecule has 0 bridgehead atoms. The van der Waals surface area contributed by atoms with E-state index in [0.29, 0.717) is 39.2 Å². The first-order chi connectivity index (χ1) is 17.4. The van der Waals surface area contributed by atoms with Crippen LogP contribution in [0.2, 0.25) is 5.02 Å². The lowest BCUT2D eigenvalue weighted by molar-refractivity contribution is -0.132. The van der Waals surface area contributed by atoms with Crippen LogP contribution in [0.3, 0.4) is 0 Å². The highest BCUT2D eigenvalue weighted by Gasteiger charge is 2.48. The third-order valence-corrected chi connectivity index (χ3v) is 7.36. The molecular formula is C28H23ClN2O4S. The number of carbonyl (C=O) groups is 2. The van der Waals surface area contributed by atoms with Crippen molar-refractivity contribution in [2.45, 2.75) is 26.3 Å². The standard InChI is InChI=1S/C28H23ClN2O4S/c1-3-16-8-10-17(11-9-16)24-23(25(32)18-6-5-7-20(14-18)35-4-2)26(33)27(34)31(24)28-30-21-13-12-19(29)15-22(21)36-28/h5-15,24,32H,3-4H2,1-2H3/b25-23+. The lowest BCUT2D eigenvalue weighted by Crippen LogP contribution is -2.29. The summed E-state index contributed by atoms with van der Waals surface area (Å²) in [5.41, 5.74) is 2.90. The lowest BCUT2D eigenvalue weighted by Gasteiger charge is -2.23. The first kappa shape index (κ1) is 24.0. The van der Waals surface area contributed by atoms with E-state index in [1.807, 2.05) is 31.2 Å². The van der Waals surface area contributed by atoms with E-state index >= 15 is 0 Å². The summed E-state index contributed by atoms with van der Waals surface area (Å²) in [6, 6.07) is 19.0. The van der Waals surface area contributed by atoms with Crippen molar-refractivity contribution >= 4 is 55.7 Å². The second kappa shape index (κ2) is 9.76. The molecule has 0 saturated carbocycles. The van der Waals surface area contributed by atoms with Crippen LogP contribution < -0.4 is 9.64 Å². The Balaban J connectivity index is 1.70. The number of Topliss-reactive ketones (excluding diaryl/α,β-unsaturated/α-hetero) is 1. The van der Waals surface area contributed by atoms with Gasteiger partial charge < -0.3 is 9.84 Å². The van der Waals surface area contributed by atoms with Crippen LogP contribution in [0.1, 0.15) is 36.6 Å². The topological polar surface area (TPSA) is 79.7 Å². The number of anilines is 1. The van der Waals surface area contributed by atoms with Gasteiger partial charge in [0.1, 0.15) is 11.5 Å². The molecule has 1 unspecified atom stereocenters. The summed E-state index contributed by atoms with van der Waals surface area (Å²) in [5, 5.41) is 12.3. The Bertz CT molecular complexity index is 1510. The van der Waals surface area contributed by atoms with Gasteiger partial charge in [-0.05, 0) is 54.8 Å². The molecule has 36 heavy (non-hydrogen) atoms. The van der Waals surface area contributed by atoms with Gasteiger partial charge in [-0.25, -0.2) is 4.98 Å². The van der Waals surface area contributed by atoms with Crippen molar-refractivity contribution < 1.29 is 19.4 Å². The number of fused-ring (bicyclic) bond motifs is 1. The highest BCUT2D eigenvalue weighted by atomic mass is 35.5. The van der Waals surface area contributed by atoms with E-state index in [4.69, 9.17) is 16.3 Å². The van der Waals surface area contributed by atoms with E-state index in [0.717, 1.165) is 16.7 Å². The van der Waals surface area contributed by atoms with Crippen LogP contribution in [-0.2, 0) is 16.0 Å². The zero-order chi connectivity index (χ0) is 25.4. The number of rotatable bonds is 6. The molecule has 1 aliphatic rings. The molecule has 3 aromatic carbocycles. The summed E-state index contributed by atoms with van der Waals surface area (Å²) in [6.45, 7) is 4.38. The van der Waals surface area contributed by atoms with Gasteiger partial charge in [0.15, 0.2) is 5.13 Å². The zero-order valence-corrected chi connectivity index (χ0v) is 21.3. The van der Waals surface area contributed by atoms with Crippen LogP contribution in [0.25, 0.3) is 16.0 Å². The van der Waals surface area contributed by atoms with Crippen molar-refractivity contribution in [1.82, 2.24) is 4.98 Å². The number of carbonyl (C=O) groups excluding carboxylic acids is 2. The van der Waals surface area contributed by atoms with E-state index < -0.39 is 17.7 Å². The van der Waals surface area contributed by atoms with Gasteiger partial charge >= 0.3 is 5.91 Å². The number of nitrogens with zero attached hydrogens (tertiary/aromatic N) is 2. The molecule has 0 spiro atoms. The number of aromatic nitrogens is 1. The Kier molecular flexibility index (Phi) is 6.51. The second-order valence-electron chi connectivity index (χ2n) is 8.33. The summed E-state index contributed by atoms with van der Waals surface area (Å²) in [6.07, 6.45) is 0.851. The molecule has 1 saturated heterocycles. The fraction of sp³-hybridized carbons (Fsp3) is 0.179. The third kappa shape index (κ3) is 4.25. The molecule has 1 amide bonds. The SMILES string of the molecule is CCOc1cccc(/C(O)=C2\C(=O)C(=O)N(c3nc4ccc(Cl)cc4s3)C2c2ccc(CC)cc2)c1. The largest absolute Gasteiger partial charge is 0.507 e. The minimum atomic E-state index is -0.845. The van der Waals surface area contributed by atoms with Gasteiger partial charge in [0.05, 0.1) is 28.4 Å². The minimum absolute atomic E-state index is 0.00943. The van der Waals surface area contributed by atoms with E-state index in [1.54, 1.807) is 42.5 Å². The summed E-state index contributed by atoms with van der Waals surface area (Å²) >= 11 is 7.43.